The Hall–Kier alpha value is -0.0400. The molecule has 1 aliphatic rings. The normalized spacial score (nSPS) is 24.4. The smallest absolute Gasteiger partial charge is 0.0221 e. The van der Waals surface area contributed by atoms with Gasteiger partial charge in [0.15, 0.2) is 0 Å². The summed E-state index contributed by atoms with van der Waals surface area (Å²) in [6.07, 6.45) is 9.82. The first kappa shape index (κ1) is 15.0. The van der Waals surface area contributed by atoms with Gasteiger partial charge in [0.25, 0.3) is 0 Å². The highest BCUT2D eigenvalue weighted by molar-refractivity contribution is 4.90. The largest absolute Gasteiger partial charge is 0.311 e. The SMILES string of the molecule is CCCCC(CC)C(CC)CC(CC)C1CN1. The Labute approximate surface area is 109 Å². The first-order chi connectivity index (χ1) is 8.26. The zero-order chi connectivity index (χ0) is 12.7. The molecule has 1 saturated heterocycles. The highest BCUT2D eigenvalue weighted by Crippen LogP contribution is 2.33. The molecule has 102 valence electrons. The molecular formula is C16H33N. The van der Waals surface area contributed by atoms with Crippen molar-refractivity contribution < 1.29 is 0 Å². The Morgan fingerprint density at radius 2 is 1.65 bits per heavy atom. The highest BCUT2D eigenvalue weighted by Gasteiger charge is 2.32. The van der Waals surface area contributed by atoms with Gasteiger partial charge in [-0.15, -0.1) is 0 Å². The van der Waals surface area contributed by atoms with Crippen LogP contribution in [-0.4, -0.2) is 12.6 Å². The van der Waals surface area contributed by atoms with E-state index >= 15 is 0 Å². The maximum atomic E-state index is 3.51. The zero-order valence-electron chi connectivity index (χ0n) is 12.5. The molecule has 4 atom stereocenters. The molecule has 1 aliphatic heterocycles. The number of unbranched alkanes of at least 4 members (excludes halogenated alkanes) is 1. The van der Waals surface area contributed by atoms with Crippen molar-refractivity contribution in [2.24, 2.45) is 17.8 Å². The van der Waals surface area contributed by atoms with Crippen molar-refractivity contribution in [3.05, 3.63) is 0 Å². The van der Waals surface area contributed by atoms with E-state index in [1.54, 1.807) is 0 Å². The van der Waals surface area contributed by atoms with Gasteiger partial charge in [-0.2, -0.15) is 0 Å². The summed E-state index contributed by atoms with van der Waals surface area (Å²) in [6.45, 7) is 10.7. The Balaban J connectivity index is 2.42. The second kappa shape index (κ2) is 8.13. The molecular weight excluding hydrogens is 206 g/mol. The average Bonchev–Trinajstić information content (AvgIpc) is 3.18. The predicted octanol–water partition coefficient (Wildman–Crippen LogP) is 4.62. The number of nitrogens with one attached hydrogen (secondary N) is 1. The van der Waals surface area contributed by atoms with Crippen LogP contribution in [-0.2, 0) is 0 Å². The van der Waals surface area contributed by atoms with Crippen LogP contribution >= 0.6 is 0 Å². The lowest BCUT2D eigenvalue weighted by Crippen LogP contribution is -2.21. The summed E-state index contributed by atoms with van der Waals surface area (Å²) in [4.78, 5) is 0. The number of rotatable bonds is 10. The third-order valence-corrected chi connectivity index (χ3v) is 4.78. The lowest BCUT2D eigenvalue weighted by molar-refractivity contribution is 0.230. The zero-order valence-corrected chi connectivity index (χ0v) is 12.5. The summed E-state index contributed by atoms with van der Waals surface area (Å²) in [5.74, 6) is 2.89. The van der Waals surface area contributed by atoms with Gasteiger partial charge in [0.2, 0.25) is 0 Å². The van der Waals surface area contributed by atoms with Crippen molar-refractivity contribution in [2.75, 3.05) is 6.54 Å². The van der Waals surface area contributed by atoms with E-state index in [4.69, 9.17) is 0 Å². The first-order valence-corrected chi connectivity index (χ1v) is 8.00. The fraction of sp³-hybridized carbons (Fsp3) is 1.00. The monoisotopic (exact) mass is 239 g/mol. The van der Waals surface area contributed by atoms with Gasteiger partial charge in [-0.1, -0.05) is 66.2 Å². The van der Waals surface area contributed by atoms with Crippen molar-refractivity contribution in [3.8, 4) is 0 Å². The van der Waals surface area contributed by atoms with Gasteiger partial charge in [-0.3, -0.25) is 0 Å². The molecule has 1 N–H and O–H groups in total. The summed E-state index contributed by atoms with van der Waals surface area (Å²) in [6, 6.07) is 0.859. The molecule has 0 aromatic heterocycles. The molecule has 0 aromatic rings. The van der Waals surface area contributed by atoms with Crippen molar-refractivity contribution in [3.63, 3.8) is 0 Å². The van der Waals surface area contributed by atoms with Crippen molar-refractivity contribution in [1.82, 2.24) is 5.32 Å². The Morgan fingerprint density at radius 3 is 2.06 bits per heavy atom. The van der Waals surface area contributed by atoms with Crippen LogP contribution in [0.2, 0.25) is 0 Å². The Bertz CT molecular complexity index is 186. The summed E-state index contributed by atoms with van der Waals surface area (Å²) in [5.41, 5.74) is 0. The first-order valence-electron chi connectivity index (χ1n) is 8.00. The minimum Gasteiger partial charge on any atom is -0.311 e. The minimum absolute atomic E-state index is 0.859. The molecule has 1 fully saturated rings. The summed E-state index contributed by atoms with van der Waals surface area (Å²) < 4.78 is 0. The van der Waals surface area contributed by atoms with E-state index in [-0.39, 0.29) is 0 Å². The molecule has 0 spiro atoms. The van der Waals surface area contributed by atoms with Crippen LogP contribution < -0.4 is 5.32 Å². The lowest BCUT2D eigenvalue weighted by Gasteiger charge is -2.28. The van der Waals surface area contributed by atoms with Crippen LogP contribution in [0, 0.1) is 17.8 Å². The maximum absolute atomic E-state index is 3.51. The average molecular weight is 239 g/mol. The molecule has 4 unspecified atom stereocenters. The van der Waals surface area contributed by atoms with Crippen LogP contribution in [0.4, 0.5) is 0 Å². The number of hydrogen-bond acceptors (Lipinski definition) is 1. The van der Waals surface area contributed by atoms with Gasteiger partial charge in [0, 0.05) is 12.6 Å². The van der Waals surface area contributed by atoms with Crippen LogP contribution in [0.5, 0.6) is 0 Å². The van der Waals surface area contributed by atoms with E-state index < -0.39 is 0 Å². The van der Waals surface area contributed by atoms with E-state index in [0.717, 1.165) is 23.8 Å². The van der Waals surface area contributed by atoms with Crippen molar-refractivity contribution in [2.45, 2.75) is 78.7 Å². The molecule has 0 amide bonds. The van der Waals surface area contributed by atoms with Gasteiger partial charge in [0.1, 0.15) is 0 Å². The second-order valence-corrected chi connectivity index (χ2v) is 5.90. The molecule has 0 aromatic carbocycles. The topological polar surface area (TPSA) is 21.9 Å². The van der Waals surface area contributed by atoms with Crippen LogP contribution in [0.15, 0.2) is 0 Å². The van der Waals surface area contributed by atoms with Gasteiger partial charge >= 0.3 is 0 Å². The molecule has 1 nitrogen and oxygen atoms in total. The third kappa shape index (κ3) is 4.99. The Morgan fingerprint density at radius 1 is 1.00 bits per heavy atom. The molecule has 0 saturated carbocycles. The van der Waals surface area contributed by atoms with E-state index in [2.05, 4.69) is 33.0 Å². The fourth-order valence-corrected chi connectivity index (χ4v) is 3.34. The molecule has 1 heterocycles. The quantitative estimate of drug-likeness (QED) is 0.552. The van der Waals surface area contributed by atoms with Crippen molar-refractivity contribution >= 4 is 0 Å². The van der Waals surface area contributed by atoms with E-state index in [9.17, 15) is 0 Å². The van der Waals surface area contributed by atoms with E-state index in [1.807, 2.05) is 0 Å². The van der Waals surface area contributed by atoms with Crippen molar-refractivity contribution in [1.29, 1.82) is 0 Å². The highest BCUT2D eigenvalue weighted by atomic mass is 15.1. The third-order valence-electron chi connectivity index (χ3n) is 4.78. The molecule has 0 bridgehead atoms. The summed E-state index contributed by atoms with van der Waals surface area (Å²) in [7, 11) is 0. The van der Waals surface area contributed by atoms with Gasteiger partial charge in [-0.05, 0) is 24.2 Å². The Kier molecular flexibility index (Phi) is 7.18. The van der Waals surface area contributed by atoms with Gasteiger partial charge in [-0.25, -0.2) is 0 Å². The van der Waals surface area contributed by atoms with Crippen LogP contribution in [0.25, 0.3) is 0 Å². The molecule has 0 aliphatic carbocycles. The van der Waals surface area contributed by atoms with Gasteiger partial charge in [0.05, 0.1) is 0 Å². The second-order valence-electron chi connectivity index (χ2n) is 5.90. The van der Waals surface area contributed by atoms with Crippen LogP contribution in [0.3, 0.4) is 0 Å². The van der Waals surface area contributed by atoms with E-state index in [1.165, 1.54) is 51.5 Å². The maximum Gasteiger partial charge on any atom is 0.0221 e. The van der Waals surface area contributed by atoms with Crippen LogP contribution in [0.1, 0.15) is 72.6 Å². The predicted molar refractivity (Wildman–Crippen MR) is 77.3 cm³/mol. The van der Waals surface area contributed by atoms with E-state index in [0.29, 0.717) is 0 Å². The fourth-order valence-electron chi connectivity index (χ4n) is 3.34. The molecule has 1 heteroatoms. The molecule has 17 heavy (non-hydrogen) atoms. The molecule has 1 rings (SSSR count). The van der Waals surface area contributed by atoms with Gasteiger partial charge < -0.3 is 5.32 Å². The summed E-state index contributed by atoms with van der Waals surface area (Å²) >= 11 is 0. The molecule has 0 radical (unpaired) electrons. The summed E-state index contributed by atoms with van der Waals surface area (Å²) in [5, 5.41) is 3.51. The minimum atomic E-state index is 0.859. The number of hydrogen-bond donors (Lipinski definition) is 1. The lowest BCUT2D eigenvalue weighted by atomic mass is 9.77. The standard InChI is InChI=1S/C16H33N/c1-5-9-10-13(6-2)14(7-3)11-15(8-4)16-12-17-16/h13-17H,5-12H2,1-4H3.